The Labute approximate surface area is 118 Å². The molecule has 2 unspecified atom stereocenters. The van der Waals surface area contributed by atoms with Crippen molar-refractivity contribution in [2.75, 3.05) is 26.2 Å². The highest BCUT2D eigenvalue weighted by molar-refractivity contribution is 7.10. The summed E-state index contributed by atoms with van der Waals surface area (Å²) in [7, 11) is 0. The number of hydrogen-bond donors (Lipinski definition) is 1. The van der Waals surface area contributed by atoms with Crippen LogP contribution in [0.1, 0.15) is 30.8 Å². The SMILES string of the molecule is CC1NC(c2cccs2)N(CCN2CCCC2)C1=O. The summed E-state index contributed by atoms with van der Waals surface area (Å²) in [6.45, 7) is 6.17. The van der Waals surface area contributed by atoms with Crippen LogP contribution in [0.25, 0.3) is 0 Å². The Balaban J connectivity index is 1.67. The van der Waals surface area contributed by atoms with Gasteiger partial charge in [-0.3, -0.25) is 10.1 Å². The van der Waals surface area contributed by atoms with Gasteiger partial charge in [-0.1, -0.05) is 6.07 Å². The Hall–Kier alpha value is -0.910. The maximum atomic E-state index is 12.3. The van der Waals surface area contributed by atoms with Crippen LogP contribution >= 0.6 is 11.3 Å². The number of hydrogen-bond acceptors (Lipinski definition) is 4. The van der Waals surface area contributed by atoms with Crippen molar-refractivity contribution in [2.45, 2.75) is 32.0 Å². The monoisotopic (exact) mass is 279 g/mol. The number of nitrogens with zero attached hydrogens (tertiary/aromatic N) is 2. The summed E-state index contributed by atoms with van der Waals surface area (Å²) in [4.78, 5) is 18.0. The molecule has 4 nitrogen and oxygen atoms in total. The summed E-state index contributed by atoms with van der Waals surface area (Å²) in [5.74, 6) is 0.234. The van der Waals surface area contributed by atoms with E-state index in [1.54, 1.807) is 11.3 Å². The molecule has 1 amide bonds. The lowest BCUT2D eigenvalue weighted by molar-refractivity contribution is -0.130. The van der Waals surface area contributed by atoms with Gasteiger partial charge in [0.15, 0.2) is 0 Å². The van der Waals surface area contributed by atoms with Crippen molar-refractivity contribution in [3.8, 4) is 0 Å². The van der Waals surface area contributed by atoms with Crippen molar-refractivity contribution in [2.24, 2.45) is 0 Å². The summed E-state index contributed by atoms with van der Waals surface area (Å²) >= 11 is 1.72. The second-order valence-corrected chi connectivity index (χ2v) is 6.37. The quantitative estimate of drug-likeness (QED) is 0.910. The molecule has 2 atom stereocenters. The third-order valence-corrected chi connectivity index (χ3v) is 4.97. The third-order valence-electron chi connectivity index (χ3n) is 4.04. The molecule has 2 fully saturated rings. The lowest BCUT2D eigenvalue weighted by Crippen LogP contribution is -2.37. The van der Waals surface area contributed by atoms with Gasteiger partial charge in [-0.05, 0) is 44.3 Å². The first kappa shape index (κ1) is 13.1. The lowest BCUT2D eigenvalue weighted by atomic mass is 10.3. The normalized spacial score (nSPS) is 28.5. The Kier molecular flexibility index (Phi) is 3.86. The minimum Gasteiger partial charge on any atom is -0.319 e. The van der Waals surface area contributed by atoms with Crippen LogP contribution in [-0.2, 0) is 4.79 Å². The molecule has 1 aromatic heterocycles. The van der Waals surface area contributed by atoms with Crippen LogP contribution in [0.4, 0.5) is 0 Å². The molecule has 1 N–H and O–H groups in total. The van der Waals surface area contributed by atoms with Gasteiger partial charge in [0.1, 0.15) is 6.17 Å². The number of nitrogens with one attached hydrogen (secondary N) is 1. The van der Waals surface area contributed by atoms with Gasteiger partial charge in [0.05, 0.1) is 6.04 Å². The minimum atomic E-state index is -0.0642. The number of carbonyl (C=O) groups is 1. The predicted molar refractivity (Wildman–Crippen MR) is 77.0 cm³/mol. The molecule has 0 spiro atoms. The molecule has 2 saturated heterocycles. The smallest absolute Gasteiger partial charge is 0.241 e. The van der Waals surface area contributed by atoms with E-state index in [4.69, 9.17) is 0 Å². The van der Waals surface area contributed by atoms with Crippen molar-refractivity contribution in [1.82, 2.24) is 15.1 Å². The van der Waals surface area contributed by atoms with Crippen molar-refractivity contribution < 1.29 is 4.79 Å². The zero-order valence-electron chi connectivity index (χ0n) is 11.3. The number of likely N-dealkylation sites (tertiary alicyclic amines) is 1. The average Bonchev–Trinajstić information content (AvgIpc) is 3.12. The molecular weight excluding hydrogens is 258 g/mol. The first-order valence-corrected chi connectivity index (χ1v) is 7.96. The van der Waals surface area contributed by atoms with Gasteiger partial charge in [-0.2, -0.15) is 0 Å². The fraction of sp³-hybridized carbons (Fsp3) is 0.643. The molecule has 3 rings (SSSR count). The van der Waals surface area contributed by atoms with Crippen LogP contribution < -0.4 is 5.32 Å². The van der Waals surface area contributed by atoms with Gasteiger partial charge in [0.25, 0.3) is 0 Å². The summed E-state index contributed by atoms with van der Waals surface area (Å²) in [5.41, 5.74) is 0. The zero-order valence-corrected chi connectivity index (χ0v) is 12.2. The zero-order chi connectivity index (χ0) is 13.2. The van der Waals surface area contributed by atoms with Crippen molar-refractivity contribution >= 4 is 17.2 Å². The number of carbonyl (C=O) groups excluding carboxylic acids is 1. The molecule has 0 saturated carbocycles. The molecule has 2 aliphatic heterocycles. The van der Waals surface area contributed by atoms with Crippen molar-refractivity contribution in [1.29, 1.82) is 0 Å². The molecule has 3 heterocycles. The van der Waals surface area contributed by atoms with Gasteiger partial charge in [0.2, 0.25) is 5.91 Å². The Morgan fingerprint density at radius 3 is 2.84 bits per heavy atom. The first-order chi connectivity index (χ1) is 9.25. The maximum absolute atomic E-state index is 12.3. The van der Waals surface area contributed by atoms with E-state index < -0.39 is 0 Å². The molecular formula is C14H21N3OS. The minimum absolute atomic E-state index is 0.0642. The van der Waals surface area contributed by atoms with E-state index in [-0.39, 0.29) is 18.1 Å². The van der Waals surface area contributed by atoms with Crippen LogP contribution in [0.2, 0.25) is 0 Å². The van der Waals surface area contributed by atoms with Gasteiger partial charge in [-0.15, -0.1) is 11.3 Å². The second kappa shape index (κ2) is 5.61. The van der Waals surface area contributed by atoms with Gasteiger partial charge in [0, 0.05) is 18.0 Å². The highest BCUT2D eigenvalue weighted by Crippen LogP contribution is 2.28. The van der Waals surface area contributed by atoms with E-state index >= 15 is 0 Å². The van der Waals surface area contributed by atoms with Gasteiger partial charge in [-0.25, -0.2) is 0 Å². The Morgan fingerprint density at radius 1 is 1.37 bits per heavy atom. The van der Waals surface area contributed by atoms with E-state index in [2.05, 4.69) is 21.7 Å². The number of rotatable bonds is 4. The molecule has 104 valence electrons. The Bertz CT molecular complexity index is 428. The van der Waals surface area contributed by atoms with E-state index in [0.29, 0.717) is 0 Å². The van der Waals surface area contributed by atoms with E-state index in [0.717, 1.165) is 13.1 Å². The second-order valence-electron chi connectivity index (χ2n) is 5.39. The highest BCUT2D eigenvalue weighted by Gasteiger charge is 2.37. The molecule has 0 aromatic carbocycles. The van der Waals surface area contributed by atoms with Crippen LogP contribution in [0, 0.1) is 0 Å². The van der Waals surface area contributed by atoms with Crippen molar-refractivity contribution in [3.05, 3.63) is 22.4 Å². The topological polar surface area (TPSA) is 35.6 Å². The summed E-state index contributed by atoms with van der Waals surface area (Å²) in [6, 6.07) is 4.09. The molecule has 2 aliphatic rings. The first-order valence-electron chi connectivity index (χ1n) is 7.08. The highest BCUT2D eigenvalue weighted by atomic mass is 32.1. The average molecular weight is 279 g/mol. The van der Waals surface area contributed by atoms with Crippen molar-refractivity contribution in [3.63, 3.8) is 0 Å². The van der Waals surface area contributed by atoms with Gasteiger partial charge < -0.3 is 9.80 Å². The van der Waals surface area contributed by atoms with Crippen LogP contribution in [-0.4, -0.2) is 47.9 Å². The largest absolute Gasteiger partial charge is 0.319 e. The van der Waals surface area contributed by atoms with Crippen LogP contribution in [0.3, 0.4) is 0 Å². The fourth-order valence-electron chi connectivity index (χ4n) is 2.95. The molecule has 1 aromatic rings. The van der Waals surface area contributed by atoms with E-state index in [9.17, 15) is 4.79 Å². The number of thiophene rings is 1. The maximum Gasteiger partial charge on any atom is 0.241 e. The third kappa shape index (κ3) is 2.68. The summed E-state index contributed by atoms with van der Waals surface area (Å²) in [6.07, 6.45) is 2.68. The van der Waals surface area contributed by atoms with E-state index in [1.165, 1.54) is 30.8 Å². The van der Waals surface area contributed by atoms with Crippen LogP contribution in [0.15, 0.2) is 17.5 Å². The van der Waals surface area contributed by atoms with Gasteiger partial charge >= 0.3 is 0 Å². The lowest BCUT2D eigenvalue weighted by Gasteiger charge is -2.26. The fourth-order valence-corrected chi connectivity index (χ4v) is 3.75. The summed E-state index contributed by atoms with van der Waals surface area (Å²) < 4.78 is 0. The van der Waals surface area contributed by atoms with Crippen LogP contribution in [0.5, 0.6) is 0 Å². The molecule has 0 aliphatic carbocycles. The predicted octanol–water partition coefficient (Wildman–Crippen LogP) is 1.66. The molecule has 0 radical (unpaired) electrons. The molecule has 0 bridgehead atoms. The molecule has 5 heteroatoms. The molecule has 19 heavy (non-hydrogen) atoms. The summed E-state index contributed by atoms with van der Waals surface area (Å²) in [5, 5.41) is 5.47. The number of amides is 1. The van der Waals surface area contributed by atoms with E-state index in [1.807, 2.05) is 17.9 Å². The standard InChI is InChI=1S/C14H21N3OS/c1-11-14(18)17(9-8-16-6-2-3-7-16)13(15-11)12-5-4-10-19-12/h4-5,10-11,13,15H,2-3,6-9H2,1H3. The Morgan fingerprint density at radius 2 is 2.16 bits per heavy atom.